The van der Waals surface area contributed by atoms with Crippen LogP contribution < -0.4 is 0 Å². The Bertz CT molecular complexity index is 1040. The van der Waals surface area contributed by atoms with E-state index < -0.39 is 12.1 Å². The highest BCUT2D eigenvalue weighted by atomic mass is 32.1. The SMILES string of the molecule is Cc1sc2ccccc2c1CN1CCC(n2cc(CCO)nn2)CC1.O=C(O)C(F)(F)F. The van der Waals surface area contributed by atoms with Gasteiger partial charge in [0.25, 0.3) is 0 Å². The van der Waals surface area contributed by atoms with Crippen LogP contribution in [0.25, 0.3) is 10.1 Å². The van der Waals surface area contributed by atoms with Crippen molar-refractivity contribution in [1.82, 2.24) is 19.9 Å². The largest absolute Gasteiger partial charge is 0.490 e. The fourth-order valence-corrected chi connectivity index (χ4v) is 4.78. The van der Waals surface area contributed by atoms with Crippen molar-refractivity contribution in [3.05, 3.63) is 46.6 Å². The Morgan fingerprint density at radius 3 is 2.53 bits per heavy atom. The predicted molar refractivity (Wildman–Crippen MR) is 115 cm³/mol. The molecule has 1 aliphatic rings. The number of thiophene rings is 1. The number of carboxylic acids is 1. The minimum absolute atomic E-state index is 0.130. The Morgan fingerprint density at radius 1 is 1.25 bits per heavy atom. The number of fused-ring (bicyclic) bond motifs is 1. The molecule has 0 spiro atoms. The van der Waals surface area contributed by atoms with Gasteiger partial charge in [-0.25, -0.2) is 9.48 Å². The molecule has 32 heavy (non-hydrogen) atoms. The highest BCUT2D eigenvalue weighted by Crippen LogP contribution is 2.32. The second kappa shape index (κ2) is 10.4. The van der Waals surface area contributed by atoms with E-state index in [9.17, 15) is 13.2 Å². The molecule has 2 N–H and O–H groups in total. The summed E-state index contributed by atoms with van der Waals surface area (Å²) in [6.45, 7) is 5.58. The van der Waals surface area contributed by atoms with Gasteiger partial charge in [0.2, 0.25) is 0 Å². The van der Waals surface area contributed by atoms with E-state index in [1.54, 1.807) is 0 Å². The van der Waals surface area contributed by atoms with E-state index in [-0.39, 0.29) is 6.61 Å². The maximum atomic E-state index is 10.6. The van der Waals surface area contributed by atoms with E-state index in [1.807, 2.05) is 22.2 Å². The molecule has 1 aliphatic heterocycles. The van der Waals surface area contributed by atoms with Crippen molar-refractivity contribution >= 4 is 27.4 Å². The van der Waals surface area contributed by atoms with Crippen molar-refractivity contribution in [2.45, 2.75) is 44.9 Å². The fourth-order valence-electron chi connectivity index (χ4n) is 3.70. The van der Waals surface area contributed by atoms with Crippen LogP contribution in [0.1, 0.15) is 35.0 Å². The fraction of sp³-hybridized carbons (Fsp3) is 0.476. The summed E-state index contributed by atoms with van der Waals surface area (Å²) in [5.74, 6) is -2.76. The maximum absolute atomic E-state index is 10.6. The number of carboxylic acid groups (broad SMARTS) is 1. The summed E-state index contributed by atoms with van der Waals surface area (Å²) in [6.07, 6.45) is -0.303. The van der Waals surface area contributed by atoms with Gasteiger partial charge in [-0.1, -0.05) is 23.4 Å². The number of aliphatic hydroxyl groups is 1. The smallest absolute Gasteiger partial charge is 0.475 e. The number of alkyl halides is 3. The molecule has 0 saturated carbocycles. The molecule has 0 radical (unpaired) electrons. The standard InChI is InChI=1S/C19H24N4OS.C2HF3O2/c1-14-18(17-4-2-3-5-19(17)25-14)13-22-9-6-16(7-10-22)23-12-15(8-11-24)20-21-23;3-2(4,5)1(6)7/h2-5,12,16,24H,6-11,13H2,1H3;(H,6,7). The lowest BCUT2D eigenvalue weighted by Crippen LogP contribution is -2.34. The average molecular weight is 471 g/mol. The molecular weight excluding hydrogens is 445 g/mol. The zero-order valence-corrected chi connectivity index (χ0v) is 18.4. The molecule has 0 aliphatic carbocycles. The van der Waals surface area contributed by atoms with E-state index >= 15 is 0 Å². The second-order valence-corrected chi connectivity index (χ2v) is 8.86. The number of nitrogens with zero attached hydrogens (tertiary/aromatic N) is 4. The monoisotopic (exact) mass is 470 g/mol. The highest BCUT2D eigenvalue weighted by molar-refractivity contribution is 7.19. The average Bonchev–Trinajstić information content (AvgIpc) is 3.33. The van der Waals surface area contributed by atoms with E-state index in [0.717, 1.165) is 38.2 Å². The molecule has 2 aromatic heterocycles. The zero-order chi connectivity index (χ0) is 23.3. The molecule has 174 valence electrons. The number of aryl methyl sites for hydroxylation is 1. The van der Waals surface area contributed by atoms with Crippen LogP contribution in [0.5, 0.6) is 0 Å². The van der Waals surface area contributed by atoms with Crippen LogP contribution in [-0.4, -0.2) is 61.9 Å². The number of aromatic nitrogens is 3. The minimum Gasteiger partial charge on any atom is -0.475 e. The lowest BCUT2D eigenvalue weighted by Gasteiger charge is -2.31. The normalized spacial score (nSPS) is 15.5. The summed E-state index contributed by atoms with van der Waals surface area (Å²) in [4.78, 5) is 12.9. The van der Waals surface area contributed by atoms with Gasteiger partial charge in [-0.15, -0.1) is 16.4 Å². The number of hydrogen-bond acceptors (Lipinski definition) is 6. The second-order valence-electron chi connectivity index (χ2n) is 7.61. The van der Waals surface area contributed by atoms with Crippen molar-refractivity contribution in [3.63, 3.8) is 0 Å². The predicted octanol–water partition coefficient (Wildman–Crippen LogP) is 3.81. The summed E-state index contributed by atoms with van der Waals surface area (Å²) in [5, 5.41) is 26.0. The van der Waals surface area contributed by atoms with Crippen LogP contribution in [0.2, 0.25) is 0 Å². The van der Waals surface area contributed by atoms with Gasteiger partial charge >= 0.3 is 12.1 Å². The van der Waals surface area contributed by atoms with Gasteiger partial charge in [0.15, 0.2) is 0 Å². The van der Waals surface area contributed by atoms with Gasteiger partial charge < -0.3 is 10.2 Å². The number of likely N-dealkylation sites (tertiary alicyclic amines) is 1. The lowest BCUT2D eigenvalue weighted by molar-refractivity contribution is -0.192. The summed E-state index contributed by atoms with van der Waals surface area (Å²) >= 11 is 1.90. The Labute approximate surface area is 187 Å². The van der Waals surface area contributed by atoms with Crippen molar-refractivity contribution < 1.29 is 28.2 Å². The van der Waals surface area contributed by atoms with Crippen LogP contribution in [0.15, 0.2) is 30.5 Å². The van der Waals surface area contributed by atoms with Crippen LogP contribution in [0.3, 0.4) is 0 Å². The number of aliphatic carboxylic acids is 1. The Balaban J connectivity index is 0.000000360. The van der Waals surface area contributed by atoms with Crippen molar-refractivity contribution in [2.75, 3.05) is 19.7 Å². The number of benzene rings is 1. The Morgan fingerprint density at radius 2 is 1.91 bits per heavy atom. The quantitative estimate of drug-likeness (QED) is 0.589. The third kappa shape index (κ3) is 6.05. The number of hydrogen-bond donors (Lipinski definition) is 2. The lowest BCUT2D eigenvalue weighted by atomic mass is 10.0. The first-order valence-corrected chi connectivity index (χ1v) is 11.0. The van der Waals surface area contributed by atoms with Crippen LogP contribution in [-0.2, 0) is 17.8 Å². The maximum Gasteiger partial charge on any atom is 0.490 e. The topological polar surface area (TPSA) is 91.5 Å². The van der Waals surface area contributed by atoms with Gasteiger partial charge in [-0.3, -0.25) is 4.90 Å². The highest BCUT2D eigenvalue weighted by Gasteiger charge is 2.38. The van der Waals surface area contributed by atoms with Crippen molar-refractivity contribution in [3.8, 4) is 0 Å². The van der Waals surface area contributed by atoms with Gasteiger partial charge in [0.05, 0.1) is 11.7 Å². The third-order valence-corrected chi connectivity index (χ3v) is 6.51. The molecule has 0 atom stereocenters. The number of rotatable bonds is 5. The van der Waals surface area contributed by atoms with Crippen LogP contribution >= 0.6 is 11.3 Å². The molecule has 7 nitrogen and oxygen atoms in total. The molecule has 3 heterocycles. The molecule has 1 fully saturated rings. The van der Waals surface area contributed by atoms with E-state index in [2.05, 4.69) is 46.4 Å². The van der Waals surface area contributed by atoms with Gasteiger partial charge in [0.1, 0.15) is 0 Å². The molecule has 0 bridgehead atoms. The molecule has 0 unspecified atom stereocenters. The molecule has 4 rings (SSSR count). The number of piperidine rings is 1. The first kappa shape index (κ1) is 24.1. The summed E-state index contributed by atoms with van der Waals surface area (Å²) < 4.78 is 35.1. The Hall–Kier alpha value is -2.50. The van der Waals surface area contributed by atoms with Crippen molar-refractivity contribution in [1.29, 1.82) is 0 Å². The van der Waals surface area contributed by atoms with Crippen molar-refractivity contribution in [2.24, 2.45) is 0 Å². The summed E-state index contributed by atoms with van der Waals surface area (Å²) in [5.41, 5.74) is 2.37. The van der Waals surface area contributed by atoms with Crippen LogP contribution in [0, 0.1) is 6.92 Å². The van der Waals surface area contributed by atoms with Gasteiger partial charge in [-0.05, 0) is 36.8 Å². The third-order valence-electron chi connectivity index (χ3n) is 5.38. The number of aliphatic hydroxyl groups excluding tert-OH is 1. The van der Waals surface area contributed by atoms with Gasteiger partial charge in [-0.2, -0.15) is 13.2 Å². The molecular formula is C21H25F3N4O3S. The van der Waals surface area contributed by atoms with Crippen LogP contribution in [0.4, 0.5) is 13.2 Å². The first-order chi connectivity index (χ1) is 15.2. The van der Waals surface area contributed by atoms with Gasteiger partial charge in [0, 0.05) is 48.4 Å². The molecule has 1 saturated heterocycles. The molecule has 0 amide bonds. The zero-order valence-electron chi connectivity index (χ0n) is 17.5. The number of halogens is 3. The molecule has 1 aromatic carbocycles. The number of carbonyl (C=O) groups is 1. The summed E-state index contributed by atoms with van der Waals surface area (Å²) in [7, 11) is 0. The van der Waals surface area contributed by atoms with E-state index in [4.69, 9.17) is 15.0 Å². The molecule has 11 heteroatoms. The summed E-state index contributed by atoms with van der Waals surface area (Å²) in [6, 6.07) is 9.16. The van der Waals surface area contributed by atoms with E-state index in [0.29, 0.717) is 12.5 Å². The minimum atomic E-state index is -5.08. The Kier molecular flexibility index (Phi) is 7.86. The first-order valence-electron chi connectivity index (χ1n) is 10.2. The van der Waals surface area contributed by atoms with E-state index in [1.165, 1.54) is 20.5 Å². The molecule has 3 aromatic rings.